The normalized spacial score (nSPS) is 23.6. The van der Waals surface area contributed by atoms with Crippen LogP contribution in [0.2, 0.25) is 0 Å². The maximum absolute atomic E-state index is 13.7. The summed E-state index contributed by atoms with van der Waals surface area (Å²) in [6.07, 6.45) is 6.71. The predicted molar refractivity (Wildman–Crippen MR) is 95.4 cm³/mol. The van der Waals surface area contributed by atoms with E-state index in [1.807, 2.05) is 4.90 Å². The minimum atomic E-state index is -1.60. The van der Waals surface area contributed by atoms with Crippen LogP contribution in [0.3, 0.4) is 0 Å². The van der Waals surface area contributed by atoms with Gasteiger partial charge in [-0.25, -0.2) is 13.2 Å². The minimum absolute atomic E-state index is 0.0628. The Labute approximate surface area is 157 Å². The topological polar surface area (TPSA) is 49.4 Å². The van der Waals surface area contributed by atoms with E-state index in [2.05, 4.69) is 5.32 Å². The fraction of sp³-hybridized carbons (Fsp3) is 0.600. The lowest BCUT2D eigenvalue weighted by molar-refractivity contribution is -0.137. The van der Waals surface area contributed by atoms with Crippen LogP contribution in [0.4, 0.5) is 18.9 Å². The summed E-state index contributed by atoms with van der Waals surface area (Å²) < 4.78 is 40.0. The van der Waals surface area contributed by atoms with E-state index in [4.69, 9.17) is 0 Å². The van der Waals surface area contributed by atoms with Gasteiger partial charge in [0.15, 0.2) is 17.5 Å². The van der Waals surface area contributed by atoms with Gasteiger partial charge in [-0.3, -0.25) is 9.59 Å². The second-order valence-corrected chi connectivity index (χ2v) is 7.50. The molecule has 1 aromatic rings. The smallest absolute Gasteiger partial charge is 0.227 e. The lowest BCUT2D eigenvalue weighted by atomic mass is 9.81. The molecule has 1 N–H and O–H groups in total. The number of rotatable bonds is 3. The maximum atomic E-state index is 13.7. The van der Waals surface area contributed by atoms with E-state index in [0.29, 0.717) is 25.7 Å². The highest BCUT2D eigenvalue weighted by molar-refractivity contribution is 5.93. The Kier molecular flexibility index (Phi) is 6.39. The van der Waals surface area contributed by atoms with Crippen LogP contribution in [0.5, 0.6) is 0 Å². The number of nitrogens with zero attached hydrogens (tertiary/aromatic N) is 1. The fourth-order valence-electron chi connectivity index (χ4n) is 4.01. The summed E-state index contributed by atoms with van der Waals surface area (Å²) in [5, 5.41) is 2.35. The molecule has 1 heterocycles. The highest BCUT2D eigenvalue weighted by atomic mass is 19.2. The number of likely N-dealkylation sites (tertiary alicyclic amines) is 1. The van der Waals surface area contributed by atoms with Gasteiger partial charge in [0, 0.05) is 24.9 Å². The van der Waals surface area contributed by atoms with Gasteiger partial charge < -0.3 is 10.2 Å². The average molecular weight is 382 g/mol. The second-order valence-electron chi connectivity index (χ2n) is 7.50. The molecule has 0 unspecified atom stereocenters. The first-order chi connectivity index (χ1) is 13.0. The summed E-state index contributed by atoms with van der Waals surface area (Å²) in [5.74, 6) is -4.94. The molecule has 0 bridgehead atoms. The molecule has 1 aliphatic carbocycles. The number of carbonyl (C=O) groups excluding carboxylic acids is 2. The lowest BCUT2D eigenvalue weighted by Crippen LogP contribution is -2.39. The predicted octanol–water partition coefficient (Wildman–Crippen LogP) is 4.25. The Morgan fingerprint density at radius 3 is 2.07 bits per heavy atom. The fourth-order valence-corrected chi connectivity index (χ4v) is 4.01. The zero-order valence-electron chi connectivity index (χ0n) is 15.3. The number of amides is 2. The number of halogens is 3. The third kappa shape index (κ3) is 4.62. The Balaban J connectivity index is 1.53. The van der Waals surface area contributed by atoms with E-state index in [1.165, 1.54) is 0 Å². The van der Waals surface area contributed by atoms with E-state index in [0.717, 1.165) is 50.9 Å². The van der Waals surface area contributed by atoms with Crippen molar-refractivity contribution in [2.75, 3.05) is 18.4 Å². The van der Waals surface area contributed by atoms with E-state index < -0.39 is 23.4 Å². The molecule has 2 amide bonds. The van der Waals surface area contributed by atoms with Crippen LogP contribution in [0.25, 0.3) is 0 Å². The molecule has 27 heavy (non-hydrogen) atoms. The highest BCUT2D eigenvalue weighted by Crippen LogP contribution is 2.32. The van der Waals surface area contributed by atoms with E-state index in [9.17, 15) is 22.8 Å². The first kappa shape index (κ1) is 19.7. The van der Waals surface area contributed by atoms with Crippen molar-refractivity contribution in [3.05, 3.63) is 29.6 Å². The Morgan fingerprint density at radius 2 is 1.44 bits per heavy atom. The van der Waals surface area contributed by atoms with Crippen LogP contribution in [-0.2, 0) is 9.59 Å². The number of nitrogens with one attached hydrogen (secondary N) is 1. The third-order valence-corrected chi connectivity index (χ3v) is 5.66. The van der Waals surface area contributed by atoms with Gasteiger partial charge in [-0.15, -0.1) is 0 Å². The van der Waals surface area contributed by atoms with Gasteiger partial charge >= 0.3 is 0 Å². The van der Waals surface area contributed by atoms with Crippen molar-refractivity contribution in [1.82, 2.24) is 4.90 Å². The SMILES string of the molecule is O=C(Nc1ccc(F)c(F)c1F)C1CCC(C(=O)N2CCCCCC2)CC1. The van der Waals surface area contributed by atoms with Crippen LogP contribution in [0.15, 0.2) is 12.1 Å². The van der Waals surface area contributed by atoms with Gasteiger partial charge in [0.25, 0.3) is 0 Å². The first-order valence-corrected chi connectivity index (χ1v) is 9.70. The minimum Gasteiger partial charge on any atom is -0.342 e. The maximum Gasteiger partial charge on any atom is 0.227 e. The zero-order valence-corrected chi connectivity index (χ0v) is 15.3. The van der Waals surface area contributed by atoms with E-state index in [-0.39, 0.29) is 23.4 Å². The highest BCUT2D eigenvalue weighted by Gasteiger charge is 2.32. The number of benzene rings is 1. The monoisotopic (exact) mass is 382 g/mol. The Hall–Kier alpha value is -2.05. The van der Waals surface area contributed by atoms with Gasteiger partial charge in [0.1, 0.15) is 0 Å². The second kappa shape index (κ2) is 8.76. The molecule has 1 saturated carbocycles. The Bertz CT molecular complexity index is 695. The molecule has 148 valence electrons. The molecule has 1 saturated heterocycles. The van der Waals surface area contributed by atoms with Gasteiger partial charge in [-0.05, 0) is 50.7 Å². The van der Waals surface area contributed by atoms with Crippen LogP contribution in [0, 0.1) is 29.3 Å². The van der Waals surface area contributed by atoms with Crippen LogP contribution >= 0.6 is 0 Å². The van der Waals surface area contributed by atoms with Gasteiger partial charge in [-0.1, -0.05) is 12.8 Å². The molecule has 0 aromatic heterocycles. The molecule has 0 spiro atoms. The summed E-state index contributed by atoms with van der Waals surface area (Å²) in [7, 11) is 0. The zero-order chi connectivity index (χ0) is 19.4. The van der Waals surface area contributed by atoms with Crippen molar-refractivity contribution in [3.8, 4) is 0 Å². The van der Waals surface area contributed by atoms with Gasteiger partial charge in [0.05, 0.1) is 5.69 Å². The van der Waals surface area contributed by atoms with Crippen molar-refractivity contribution in [1.29, 1.82) is 0 Å². The molecule has 2 fully saturated rings. The van der Waals surface area contributed by atoms with Gasteiger partial charge in [0.2, 0.25) is 11.8 Å². The standard InChI is InChI=1S/C20H25F3N2O2/c21-15-9-10-16(18(23)17(15)22)24-19(26)13-5-7-14(8-6-13)20(27)25-11-3-1-2-4-12-25/h9-10,13-14H,1-8,11-12H2,(H,24,26). The summed E-state index contributed by atoms with van der Waals surface area (Å²) in [5.41, 5.74) is -0.360. The molecule has 3 rings (SSSR count). The molecule has 1 aromatic carbocycles. The Morgan fingerprint density at radius 1 is 0.852 bits per heavy atom. The van der Waals surface area contributed by atoms with Crippen LogP contribution in [0.1, 0.15) is 51.4 Å². The molecule has 0 atom stereocenters. The quantitative estimate of drug-likeness (QED) is 0.795. The van der Waals surface area contributed by atoms with E-state index in [1.54, 1.807) is 0 Å². The van der Waals surface area contributed by atoms with E-state index >= 15 is 0 Å². The van der Waals surface area contributed by atoms with Crippen molar-refractivity contribution < 1.29 is 22.8 Å². The third-order valence-electron chi connectivity index (χ3n) is 5.66. The van der Waals surface area contributed by atoms with Crippen LogP contribution < -0.4 is 5.32 Å². The number of carbonyl (C=O) groups is 2. The van der Waals surface area contributed by atoms with Crippen molar-refractivity contribution in [2.24, 2.45) is 11.8 Å². The molecular weight excluding hydrogens is 357 g/mol. The molecular formula is C20H25F3N2O2. The molecule has 7 heteroatoms. The van der Waals surface area contributed by atoms with Gasteiger partial charge in [-0.2, -0.15) is 0 Å². The summed E-state index contributed by atoms with van der Waals surface area (Å²) in [6, 6.07) is 1.80. The van der Waals surface area contributed by atoms with Crippen molar-refractivity contribution in [2.45, 2.75) is 51.4 Å². The van der Waals surface area contributed by atoms with Crippen molar-refractivity contribution in [3.63, 3.8) is 0 Å². The summed E-state index contributed by atoms with van der Waals surface area (Å²) >= 11 is 0. The summed E-state index contributed by atoms with van der Waals surface area (Å²) in [6.45, 7) is 1.63. The number of hydrogen-bond donors (Lipinski definition) is 1. The largest absolute Gasteiger partial charge is 0.342 e. The molecule has 2 aliphatic rings. The lowest BCUT2D eigenvalue weighted by Gasteiger charge is -2.31. The molecule has 4 nitrogen and oxygen atoms in total. The van der Waals surface area contributed by atoms with Crippen molar-refractivity contribution >= 4 is 17.5 Å². The number of anilines is 1. The molecule has 0 radical (unpaired) electrons. The summed E-state index contributed by atoms with van der Waals surface area (Å²) in [4.78, 5) is 27.0. The average Bonchev–Trinajstić information content (AvgIpc) is 2.97. The number of hydrogen-bond acceptors (Lipinski definition) is 2. The first-order valence-electron chi connectivity index (χ1n) is 9.70. The molecule has 1 aliphatic heterocycles. The van der Waals surface area contributed by atoms with Crippen LogP contribution in [-0.4, -0.2) is 29.8 Å².